The molecule has 0 atom stereocenters. The number of likely N-dealkylation sites (N-methyl/N-ethyl adjacent to an activating group) is 1. The van der Waals surface area contributed by atoms with Gasteiger partial charge in [0.2, 0.25) is 5.91 Å². The number of rotatable bonds is 5. The Morgan fingerprint density at radius 2 is 1.89 bits per heavy atom. The average molecular weight is 250 g/mol. The second kappa shape index (κ2) is 5.64. The Morgan fingerprint density at radius 1 is 1.28 bits per heavy atom. The molecule has 0 heterocycles. The van der Waals surface area contributed by atoms with E-state index < -0.39 is 11.5 Å². The van der Waals surface area contributed by atoms with Crippen molar-refractivity contribution < 1.29 is 14.7 Å². The summed E-state index contributed by atoms with van der Waals surface area (Å²) in [5.41, 5.74) is 0.412. The van der Waals surface area contributed by atoms with E-state index in [0.29, 0.717) is 11.3 Å². The lowest BCUT2D eigenvalue weighted by atomic mass is 10.0. The van der Waals surface area contributed by atoms with E-state index in [2.05, 4.69) is 10.6 Å². The van der Waals surface area contributed by atoms with Gasteiger partial charge in [-0.1, -0.05) is 18.2 Å². The summed E-state index contributed by atoms with van der Waals surface area (Å²) in [5, 5.41) is 14.4. The van der Waals surface area contributed by atoms with Crippen molar-refractivity contribution >= 4 is 17.6 Å². The fraction of sp³-hybridized carbons (Fsp3) is 0.385. The molecule has 0 saturated carbocycles. The molecule has 0 bridgehead atoms. The van der Waals surface area contributed by atoms with E-state index in [1.54, 1.807) is 45.2 Å². The van der Waals surface area contributed by atoms with Crippen molar-refractivity contribution in [3.63, 3.8) is 0 Å². The van der Waals surface area contributed by atoms with Crippen LogP contribution in [0.15, 0.2) is 24.3 Å². The van der Waals surface area contributed by atoms with Gasteiger partial charge in [0.05, 0.1) is 12.0 Å². The van der Waals surface area contributed by atoms with E-state index in [1.165, 1.54) is 0 Å². The molecule has 0 radical (unpaired) electrons. The van der Waals surface area contributed by atoms with E-state index in [0.717, 1.165) is 0 Å². The van der Waals surface area contributed by atoms with E-state index in [1.807, 2.05) is 0 Å². The number of carbonyl (C=O) groups excluding carboxylic acids is 1. The lowest BCUT2D eigenvalue weighted by Crippen LogP contribution is -2.48. The number of carbonyl (C=O) groups is 2. The largest absolute Gasteiger partial charge is 0.481 e. The van der Waals surface area contributed by atoms with Crippen molar-refractivity contribution in [3.8, 4) is 0 Å². The van der Waals surface area contributed by atoms with Crippen molar-refractivity contribution in [2.75, 3.05) is 12.4 Å². The summed E-state index contributed by atoms with van der Waals surface area (Å²) in [6.45, 7) is 3.50. The lowest BCUT2D eigenvalue weighted by Gasteiger charge is -2.23. The number of nitrogens with one attached hydrogen (secondary N) is 2. The standard InChI is InChI=1S/C13H18N2O3/c1-13(2,14-3)12(18)15-10-7-5-4-6-9(10)8-11(16)17/h4-7,14H,8H2,1-3H3,(H,15,18)(H,16,17). The number of aliphatic carboxylic acids is 1. The van der Waals surface area contributed by atoms with Crippen molar-refractivity contribution in [3.05, 3.63) is 29.8 Å². The van der Waals surface area contributed by atoms with E-state index in [9.17, 15) is 9.59 Å². The van der Waals surface area contributed by atoms with Gasteiger partial charge in [0, 0.05) is 5.69 Å². The van der Waals surface area contributed by atoms with Gasteiger partial charge in [-0.25, -0.2) is 0 Å². The number of hydrogen-bond donors (Lipinski definition) is 3. The Balaban J connectivity index is 2.91. The van der Waals surface area contributed by atoms with Gasteiger partial charge >= 0.3 is 5.97 Å². The molecule has 18 heavy (non-hydrogen) atoms. The zero-order chi connectivity index (χ0) is 13.8. The average Bonchev–Trinajstić information content (AvgIpc) is 2.31. The SMILES string of the molecule is CNC(C)(C)C(=O)Nc1ccccc1CC(=O)O. The van der Waals surface area contributed by atoms with Gasteiger partial charge < -0.3 is 15.7 Å². The third-order valence-corrected chi connectivity index (χ3v) is 2.80. The topological polar surface area (TPSA) is 78.4 Å². The van der Waals surface area contributed by atoms with Crippen LogP contribution in [0.4, 0.5) is 5.69 Å². The summed E-state index contributed by atoms with van der Waals surface area (Å²) in [4.78, 5) is 22.7. The zero-order valence-corrected chi connectivity index (χ0v) is 10.8. The number of carboxylic acids is 1. The summed E-state index contributed by atoms with van der Waals surface area (Å²) in [6.07, 6.45) is -0.115. The van der Waals surface area contributed by atoms with Crippen LogP contribution in [0.2, 0.25) is 0 Å². The molecule has 0 aromatic heterocycles. The van der Waals surface area contributed by atoms with Crippen LogP contribution in [0.1, 0.15) is 19.4 Å². The molecule has 0 saturated heterocycles. The first kappa shape index (κ1) is 14.2. The molecule has 1 rings (SSSR count). The molecule has 1 amide bonds. The molecule has 3 N–H and O–H groups in total. The number of anilines is 1. The first-order valence-electron chi connectivity index (χ1n) is 5.67. The smallest absolute Gasteiger partial charge is 0.307 e. The van der Waals surface area contributed by atoms with E-state index >= 15 is 0 Å². The number of para-hydroxylation sites is 1. The summed E-state index contributed by atoms with van der Waals surface area (Å²) >= 11 is 0. The normalized spacial score (nSPS) is 11.1. The molecule has 98 valence electrons. The van der Waals surface area contributed by atoms with Crippen LogP contribution in [0.3, 0.4) is 0 Å². The molecule has 0 fully saturated rings. The summed E-state index contributed by atoms with van der Waals surface area (Å²) in [5.74, 6) is -1.13. The minimum Gasteiger partial charge on any atom is -0.481 e. The second-order valence-electron chi connectivity index (χ2n) is 4.56. The molecule has 1 aromatic carbocycles. The van der Waals surface area contributed by atoms with Gasteiger partial charge in [-0.2, -0.15) is 0 Å². The predicted molar refractivity (Wildman–Crippen MR) is 69.6 cm³/mol. The van der Waals surface area contributed by atoms with Gasteiger partial charge in [0.1, 0.15) is 0 Å². The number of amides is 1. The number of benzene rings is 1. The molecule has 5 heteroatoms. The minimum atomic E-state index is -0.926. The lowest BCUT2D eigenvalue weighted by molar-refractivity contribution is -0.136. The third kappa shape index (κ3) is 3.56. The summed E-state index contributed by atoms with van der Waals surface area (Å²) < 4.78 is 0. The summed E-state index contributed by atoms with van der Waals surface area (Å²) in [7, 11) is 1.70. The van der Waals surface area contributed by atoms with Gasteiger partial charge in [-0.05, 0) is 32.5 Å². The maximum Gasteiger partial charge on any atom is 0.307 e. The van der Waals surface area contributed by atoms with Gasteiger partial charge in [0.25, 0.3) is 0 Å². The zero-order valence-electron chi connectivity index (χ0n) is 10.8. The first-order chi connectivity index (χ1) is 8.36. The van der Waals surface area contributed by atoms with Crippen LogP contribution in [-0.2, 0) is 16.0 Å². The van der Waals surface area contributed by atoms with E-state index in [4.69, 9.17) is 5.11 Å². The Labute approximate surface area is 106 Å². The van der Waals surface area contributed by atoms with Gasteiger partial charge in [0.15, 0.2) is 0 Å². The first-order valence-corrected chi connectivity index (χ1v) is 5.67. The molecular weight excluding hydrogens is 232 g/mol. The maximum absolute atomic E-state index is 12.0. The predicted octanol–water partition coefficient (Wildman–Crippen LogP) is 1.25. The fourth-order valence-corrected chi connectivity index (χ4v) is 1.35. The van der Waals surface area contributed by atoms with Crippen molar-refractivity contribution in [2.45, 2.75) is 25.8 Å². The molecule has 0 aliphatic heterocycles. The molecule has 0 spiro atoms. The molecule has 5 nitrogen and oxygen atoms in total. The molecular formula is C13H18N2O3. The molecule has 1 aromatic rings. The highest BCUT2D eigenvalue weighted by Crippen LogP contribution is 2.17. The highest BCUT2D eigenvalue weighted by Gasteiger charge is 2.25. The minimum absolute atomic E-state index is 0.115. The van der Waals surface area contributed by atoms with E-state index in [-0.39, 0.29) is 12.3 Å². The van der Waals surface area contributed by atoms with Gasteiger partial charge in [-0.3, -0.25) is 9.59 Å². The number of carboxylic acid groups (broad SMARTS) is 1. The number of hydrogen-bond acceptors (Lipinski definition) is 3. The van der Waals surface area contributed by atoms with Crippen LogP contribution < -0.4 is 10.6 Å². The third-order valence-electron chi connectivity index (χ3n) is 2.80. The Morgan fingerprint density at radius 3 is 2.44 bits per heavy atom. The molecule has 0 aliphatic carbocycles. The van der Waals surface area contributed by atoms with Crippen LogP contribution >= 0.6 is 0 Å². The van der Waals surface area contributed by atoms with Gasteiger partial charge in [-0.15, -0.1) is 0 Å². The van der Waals surface area contributed by atoms with Crippen LogP contribution in [0.25, 0.3) is 0 Å². The summed E-state index contributed by atoms with van der Waals surface area (Å²) in [6, 6.07) is 6.89. The van der Waals surface area contributed by atoms with Crippen LogP contribution in [0.5, 0.6) is 0 Å². The Hall–Kier alpha value is -1.88. The highest BCUT2D eigenvalue weighted by atomic mass is 16.4. The quantitative estimate of drug-likeness (QED) is 0.735. The monoisotopic (exact) mass is 250 g/mol. The van der Waals surface area contributed by atoms with Crippen molar-refractivity contribution in [2.24, 2.45) is 0 Å². The van der Waals surface area contributed by atoms with Crippen molar-refractivity contribution in [1.29, 1.82) is 0 Å². The molecule has 0 aliphatic rings. The maximum atomic E-state index is 12.0. The highest BCUT2D eigenvalue weighted by molar-refractivity contribution is 5.98. The Kier molecular flexibility index (Phi) is 4.44. The van der Waals surface area contributed by atoms with Crippen molar-refractivity contribution in [1.82, 2.24) is 5.32 Å². The van der Waals surface area contributed by atoms with Crippen LogP contribution in [-0.4, -0.2) is 29.6 Å². The molecule has 0 unspecified atom stereocenters. The fourth-order valence-electron chi connectivity index (χ4n) is 1.35. The van der Waals surface area contributed by atoms with Crippen LogP contribution in [0, 0.1) is 0 Å². The Bertz CT molecular complexity index is 455. The second-order valence-corrected chi connectivity index (χ2v) is 4.56.